The minimum Gasteiger partial charge on any atom is -0.369 e. The fourth-order valence-corrected chi connectivity index (χ4v) is 4.64. The van der Waals surface area contributed by atoms with E-state index in [0.717, 1.165) is 46.5 Å². The van der Waals surface area contributed by atoms with Gasteiger partial charge in [0.05, 0.1) is 11.0 Å². The molecule has 0 saturated carbocycles. The fraction of sp³-hybridized carbons (Fsp3) is 0.467. The molecule has 0 unspecified atom stereocenters. The number of nitrogens with zero attached hydrogens (tertiary/aromatic N) is 4. The highest BCUT2D eigenvalue weighted by Crippen LogP contribution is 2.24. The van der Waals surface area contributed by atoms with Gasteiger partial charge in [0.25, 0.3) is 0 Å². The van der Waals surface area contributed by atoms with Crippen LogP contribution in [0.2, 0.25) is 0 Å². The Bertz CT molecular complexity index is 1200. The Kier molecular flexibility index (Phi) is 9.04. The zero-order valence-electron chi connectivity index (χ0n) is 22.3. The van der Waals surface area contributed by atoms with Gasteiger partial charge in [-0.05, 0) is 87.1 Å². The molecule has 0 bridgehead atoms. The van der Waals surface area contributed by atoms with Crippen LogP contribution in [0, 0.1) is 27.7 Å². The highest BCUT2D eigenvalue weighted by molar-refractivity contribution is 5.90. The lowest BCUT2D eigenvalue weighted by atomic mass is 10.1. The van der Waals surface area contributed by atoms with E-state index in [2.05, 4.69) is 82.5 Å². The van der Waals surface area contributed by atoms with Crippen LogP contribution in [0.15, 0.2) is 36.9 Å². The summed E-state index contributed by atoms with van der Waals surface area (Å²) in [6.07, 6.45) is 13.4. The third kappa shape index (κ3) is 6.68. The van der Waals surface area contributed by atoms with Crippen LogP contribution in [0.1, 0.15) is 73.6 Å². The lowest BCUT2D eigenvalue weighted by Gasteiger charge is -2.10. The normalized spacial score (nSPS) is 11.3. The maximum atomic E-state index is 4.47. The first kappa shape index (κ1) is 25.8. The predicted molar refractivity (Wildman–Crippen MR) is 152 cm³/mol. The molecule has 2 N–H and O–H groups in total. The third-order valence-electron chi connectivity index (χ3n) is 7.19. The van der Waals surface area contributed by atoms with Gasteiger partial charge in [0.1, 0.15) is 24.3 Å². The molecule has 0 spiro atoms. The van der Waals surface area contributed by atoms with E-state index < -0.39 is 0 Å². The van der Waals surface area contributed by atoms with Crippen molar-refractivity contribution in [2.75, 3.05) is 23.7 Å². The zero-order valence-corrected chi connectivity index (χ0v) is 22.3. The summed E-state index contributed by atoms with van der Waals surface area (Å²) in [6.45, 7) is 10.5. The molecule has 36 heavy (non-hydrogen) atoms. The van der Waals surface area contributed by atoms with Crippen LogP contribution >= 0.6 is 0 Å². The Labute approximate surface area is 215 Å². The molecule has 0 amide bonds. The Balaban J connectivity index is 1.06. The highest BCUT2D eigenvalue weighted by atomic mass is 15.0. The van der Waals surface area contributed by atoms with Crippen molar-refractivity contribution in [1.29, 1.82) is 0 Å². The number of nitrogens with one attached hydrogen (secondary N) is 2. The van der Waals surface area contributed by atoms with Crippen molar-refractivity contribution in [2.45, 2.75) is 79.1 Å². The van der Waals surface area contributed by atoms with Gasteiger partial charge in [-0.2, -0.15) is 0 Å². The number of anilines is 2. The molecule has 2 heterocycles. The summed E-state index contributed by atoms with van der Waals surface area (Å²) in [7, 11) is 0. The van der Waals surface area contributed by atoms with E-state index in [4.69, 9.17) is 0 Å². The second-order valence-electron chi connectivity index (χ2n) is 10.0. The standard InChI is InChI=1S/C30H40N6/c1-21-15-25-27(17-23(21)3)33-19-35-29(25)31-13-11-9-7-5-6-8-10-12-14-32-30-26-16-22(2)24(4)18-28(26)34-20-36-30/h15-20H,5-14H2,1-4H3,(H,31,33,35)(H,32,34,36). The van der Waals surface area contributed by atoms with E-state index in [1.807, 2.05) is 0 Å². The van der Waals surface area contributed by atoms with E-state index in [0.29, 0.717) is 0 Å². The van der Waals surface area contributed by atoms with Gasteiger partial charge in [-0.15, -0.1) is 0 Å². The lowest BCUT2D eigenvalue weighted by molar-refractivity contribution is 0.577. The molecule has 0 aliphatic heterocycles. The maximum absolute atomic E-state index is 4.47. The summed E-state index contributed by atoms with van der Waals surface area (Å²) in [5.41, 5.74) is 7.14. The van der Waals surface area contributed by atoms with Gasteiger partial charge in [-0.3, -0.25) is 0 Å². The van der Waals surface area contributed by atoms with Crippen molar-refractivity contribution in [3.05, 3.63) is 59.2 Å². The number of rotatable bonds is 13. The SMILES string of the molecule is Cc1cc2ncnc(NCCCCCCCCCCNc3ncnc4cc(C)c(C)cc34)c2cc1C. The van der Waals surface area contributed by atoms with Crippen LogP contribution in [-0.4, -0.2) is 33.0 Å². The first-order valence-electron chi connectivity index (χ1n) is 13.4. The molecule has 0 aliphatic rings. The molecule has 0 saturated heterocycles. The average Bonchev–Trinajstić information content (AvgIpc) is 2.86. The summed E-state index contributed by atoms with van der Waals surface area (Å²) in [5.74, 6) is 1.91. The minimum atomic E-state index is 0.955. The van der Waals surface area contributed by atoms with Gasteiger partial charge >= 0.3 is 0 Å². The quantitative estimate of drug-likeness (QED) is 0.192. The third-order valence-corrected chi connectivity index (χ3v) is 7.19. The van der Waals surface area contributed by atoms with E-state index in [1.165, 1.54) is 73.6 Å². The molecule has 6 heteroatoms. The largest absolute Gasteiger partial charge is 0.369 e. The van der Waals surface area contributed by atoms with Crippen molar-refractivity contribution in [1.82, 2.24) is 19.9 Å². The maximum Gasteiger partial charge on any atom is 0.137 e. The van der Waals surface area contributed by atoms with E-state index in [-0.39, 0.29) is 0 Å². The van der Waals surface area contributed by atoms with Crippen molar-refractivity contribution < 1.29 is 0 Å². The molecule has 4 aromatic rings. The molecule has 0 atom stereocenters. The Morgan fingerprint density at radius 2 is 0.833 bits per heavy atom. The molecular formula is C30H40N6. The summed E-state index contributed by atoms with van der Waals surface area (Å²) in [4.78, 5) is 17.8. The van der Waals surface area contributed by atoms with Gasteiger partial charge in [0.15, 0.2) is 0 Å². The second-order valence-corrected chi connectivity index (χ2v) is 10.0. The number of aromatic nitrogens is 4. The lowest BCUT2D eigenvalue weighted by Crippen LogP contribution is -2.05. The van der Waals surface area contributed by atoms with Crippen LogP contribution in [0.4, 0.5) is 11.6 Å². The van der Waals surface area contributed by atoms with Crippen LogP contribution in [0.3, 0.4) is 0 Å². The number of hydrogen-bond acceptors (Lipinski definition) is 6. The number of benzene rings is 2. The first-order chi connectivity index (χ1) is 17.5. The molecule has 0 aliphatic carbocycles. The summed E-state index contributed by atoms with van der Waals surface area (Å²) < 4.78 is 0. The van der Waals surface area contributed by atoms with E-state index in [1.54, 1.807) is 12.7 Å². The molecule has 2 aromatic carbocycles. The van der Waals surface area contributed by atoms with Gasteiger partial charge < -0.3 is 10.6 Å². The monoisotopic (exact) mass is 484 g/mol. The molecular weight excluding hydrogens is 444 g/mol. The van der Waals surface area contributed by atoms with E-state index >= 15 is 0 Å². The average molecular weight is 485 g/mol. The highest BCUT2D eigenvalue weighted by Gasteiger charge is 2.07. The minimum absolute atomic E-state index is 0.955. The Hall–Kier alpha value is -3.28. The van der Waals surface area contributed by atoms with Gasteiger partial charge in [0, 0.05) is 23.9 Å². The zero-order chi connectivity index (χ0) is 25.3. The van der Waals surface area contributed by atoms with Gasteiger partial charge in [-0.25, -0.2) is 19.9 Å². The Morgan fingerprint density at radius 1 is 0.472 bits per heavy atom. The van der Waals surface area contributed by atoms with Crippen LogP contribution < -0.4 is 10.6 Å². The van der Waals surface area contributed by atoms with Crippen molar-refractivity contribution in [3.63, 3.8) is 0 Å². The molecule has 190 valence electrons. The number of aryl methyl sites for hydroxylation is 4. The predicted octanol–water partition coefficient (Wildman–Crippen LogP) is 7.45. The number of hydrogen-bond donors (Lipinski definition) is 2. The van der Waals surface area contributed by atoms with E-state index in [9.17, 15) is 0 Å². The smallest absolute Gasteiger partial charge is 0.137 e. The van der Waals surface area contributed by atoms with Crippen molar-refractivity contribution in [3.8, 4) is 0 Å². The van der Waals surface area contributed by atoms with Gasteiger partial charge in [-0.1, -0.05) is 38.5 Å². The summed E-state index contributed by atoms with van der Waals surface area (Å²) in [6, 6.07) is 8.68. The van der Waals surface area contributed by atoms with Crippen LogP contribution in [0.5, 0.6) is 0 Å². The van der Waals surface area contributed by atoms with Crippen LogP contribution in [0.25, 0.3) is 21.8 Å². The van der Waals surface area contributed by atoms with Crippen molar-refractivity contribution >= 4 is 33.4 Å². The topological polar surface area (TPSA) is 75.6 Å². The fourth-order valence-electron chi connectivity index (χ4n) is 4.64. The molecule has 0 radical (unpaired) electrons. The number of unbranched alkanes of at least 4 members (excludes halogenated alkanes) is 7. The number of fused-ring (bicyclic) bond motifs is 2. The summed E-state index contributed by atoms with van der Waals surface area (Å²) >= 11 is 0. The molecule has 4 rings (SSSR count). The Morgan fingerprint density at radius 3 is 1.25 bits per heavy atom. The van der Waals surface area contributed by atoms with Crippen LogP contribution in [-0.2, 0) is 0 Å². The van der Waals surface area contributed by atoms with Gasteiger partial charge in [0.2, 0.25) is 0 Å². The molecule has 0 fully saturated rings. The first-order valence-corrected chi connectivity index (χ1v) is 13.4. The summed E-state index contributed by atoms with van der Waals surface area (Å²) in [5, 5.41) is 9.28. The second kappa shape index (κ2) is 12.6. The molecule has 6 nitrogen and oxygen atoms in total. The molecule has 2 aromatic heterocycles. The van der Waals surface area contributed by atoms with Crippen molar-refractivity contribution in [2.24, 2.45) is 0 Å².